The van der Waals surface area contributed by atoms with Crippen LogP contribution in [0.4, 0.5) is 22.0 Å². The first kappa shape index (κ1) is 26.9. The second kappa shape index (κ2) is 12.4. The van der Waals surface area contributed by atoms with E-state index in [0.717, 1.165) is 30.7 Å². The van der Waals surface area contributed by atoms with Crippen LogP contribution in [0.15, 0.2) is 18.2 Å². The quantitative estimate of drug-likeness (QED) is 0.242. The van der Waals surface area contributed by atoms with Crippen LogP contribution in [0, 0.1) is 52.9 Å². The Morgan fingerprint density at radius 3 is 1.81 bits per heavy atom. The van der Waals surface area contributed by atoms with Crippen LogP contribution in [0.5, 0.6) is 11.5 Å². The number of ether oxygens (including phenoxy) is 1. The fourth-order valence-electron chi connectivity index (χ4n) is 6.17. The van der Waals surface area contributed by atoms with E-state index >= 15 is 4.39 Å². The van der Waals surface area contributed by atoms with Gasteiger partial charge in [-0.25, -0.2) is 22.0 Å². The maximum atomic E-state index is 15.2. The molecule has 0 bridgehead atoms. The lowest BCUT2D eigenvalue weighted by Crippen LogP contribution is -2.18. The van der Waals surface area contributed by atoms with Crippen LogP contribution in [-0.2, 0) is 0 Å². The van der Waals surface area contributed by atoms with E-state index in [1.54, 1.807) is 0 Å². The molecule has 0 aliphatic heterocycles. The van der Waals surface area contributed by atoms with E-state index in [0.29, 0.717) is 30.9 Å². The maximum absolute atomic E-state index is 15.2. The number of benzene rings is 2. The number of hydrogen-bond donors (Lipinski definition) is 0. The number of halogens is 5. The third-order valence-electron chi connectivity index (χ3n) is 8.37. The summed E-state index contributed by atoms with van der Waals surface area (Å²) in [5.41, 5.74) is -0.0596. The zero-order chi connectivity index (χ0) is 25.7. The first-order chi connectivity index (χ1) is 17.4. The van der Waals surface area contributed by atoms with Crippen molar-refractivity contribution in [1.29, 1.82) is 0 Å². The van der Waals surface area contributed by atoms with Gasteiger partial charge in [0, 0.05) is 23.8 Å². The lowest BCUT2D eigenvalue weighted by atomic mass is 9.73. The highest BCUT2D eigenvalue weighted by Gasteiger charge is 2.29. The Balaban J connectivity index is 1.30. The molecule has 2 saturated carbocycles. The minimum atomic E-state index is -1.64. The molecular formula is C30H36F5O. The molecule has 2 aromatic carbocycles. The lowest BCUT2D eigenvalue weighted by Gasteiger charge is -2.32. The Kier molecular flexibility index (Phi) is 9.30. The molecular weight excluding hydrogens is 471 g/mol. The Morgan fingerprint density at radius 1 is 0.722 bits per heavy atom. The topological polar surface area (TPSA) is 9.23 Å². The molecule has 0 heterocycles. The average molecular weight is 508 g/mol. The van der Waals surface area contributed by atoms with E-state index in [-0.39, 0.29) is 11.5 Å². The molecule has 0 atom stereocenters. The van der Waals surface area contributed by atoms with Crippen molar-refractivity contribution in [2.75, 3.05) is 0 Å². The summed E-state index contributed by atoms with van der Waals surface area (Å²) < 4.78 is 75.3. The van der Waals surface area contributed by atoms with Gasteiger partial charge in [0.05, 0.1) is 0 Å². The molecule has 2 fully saturated rings. The SMILES string of the molecule is CCCC[C@H]1CC[C@H](CCC2CCC(c3c(F)c[c]c(Oc4cc(F)c(F)c(F)c4)c3F)CC2)CC1. The summed E-state index contributed by atoms with van der Waals surface area (Å²) in [6, 6.07) is 4.59. The number of unbranched alkanes of at least 4 members (excludes halogenated alkanes) is 1. The summed E-state index contributed by atoms with van der Waals surface area (Å²) in [5.74, 6) is -4.97. The van der Waals surface area contributed by atoms with Crippen molar-refractivity contribution in [2.45, 2.75) is 96.3 Å². The van der Waals surface area contributed by atoms with Gasteiger partial charge in [-0.15, -0.1) is 0 Å². The summed E-state index contributed by atoms with van der Waals surface area (Å²) in [4.78, 5) is 0. The molecule has 0 aromatic heterocycles. The third kappa shape index (κ3) is 6.60. The summed E-state index contributed by atoms with van der Waals surface area (Å²) in [7, 11) is 0. The largest absolute Gasteiger partial charge is 0.453 e. The summed E-state index contributed by atoms with van der Waals surface area (Å²) in [6.45, 7) is 2.25. The van der Waals surface area contributed by atoms with Gasteiger partial charge in [-0.2, -0.15) is 0 Å². The highest BCUT2D eigenvalue weighted by atomic mass is 19.2. The van der Waals surface area contributed by atoms with Crippen molar-refractivity contribution >= 4 is 0 Å². The van der Waals surface area contributed by atoms with Gasteiger partial charge >= 0.3 is 0 Å². The van der Waals surface area contributed by atoms with Gasteiger partial charge in [0.15, 0.2) is 29.0 Å². The average Bonchev–Trinajstić information content (AvgIpc) is 2.88. The fraction of sp³-hybridized carbons (Fsp3) is 0.600. The third-order valence-corrected chi connectivity index (χ3v) is 8.37. The smallest absolute Gasteiger partial charge is 0.194 e. The fourth-order valence-corrected chi connectivity index (χ4v) is 6.17. The zero-order valence-corrected chi connectivity index (χ0v) is 21.0. The molecule has 4 rings (SSSR count). The van der Waals surface area contributed by atoms with Gasteiger partial charge in [0.25, 0.3) is 0 Å². The molecule has 0 unspecified atom stereocenters. The van der Waals surface area contributed by atoms with Gasteiger partial charge in [-0.05, 0) is 55.4 Å². The molecule has 1 radical (unpaired) electrons. The van der Waals surface area contributed by atoms with E-state index in [4.69, 9.17) is 4.74 Å². The summed E-state index contributed by atoms with van der Waals surface area (Å²) in [6.07, 6.45) is 15.1. The van der Waals surface area contributed by atoms with E-state index < -0.39 is 40.6 Å². The number of hydrogen-bond acceptors (Lipinski definition) is 1. The van der Waals surface area contributed by atoms with Crippen LogP contribution in [0.1, 0.15) is 102 Å². The lowest BCUT2D eigenvalue weighted by molar-refractivity contribution is 0.221. The Bertz CT molecular complexity index is 984. The predicted octanol–water partition coefficient (Wildman–Crippen LogP) is 10.0. The van der Waals surface area contributed by atoms with Crippen LogP contribution < -0.4 is 4.74 Å². The maximum Gasteiger partial charge on any atom is 0.194 e. The normalized spacial score (nSPS) is 24.6. The van der Waals surface area contributed by atoms with Gasteiger partial charge in [0.1, 0.15) is 11.6 Å². The van der Waals surface area contributed by atoms with Crippen LogP contribution in [0.25, 0.3) is 0 Å². The molecule has 36 heavy (non-hydrogen) atoms. The van der Waals surface area contributed by atoms with E-state index in [1.165, 1.54) is 57.8 Å². The van der Waals surface area contributed by atoms with Gasteiger partial charge in [-0.1, -0.05) is 64.7 Å². The van der Waals surface area contributed by atoms with Crippen molar-refractivity contribution in [1.82, 2.24) is 0 Å². The van der Waals surface area contributed by atoms with Gasteiger partial charge in [-0.3, -0.25) is 0 Å². The molecule has 1 nitrogen and oxygen atoms in total. The standard InChI is InChI=1S/C30H36F5O/c1-2-3-4-19-5-7-20(8-6-19)9-10-21-11-13-22(14-12-21)28-24(31)15-16-27(30(28)35)36-23-17-25(32)29(34)26(33)18-23/h15,17-22H,2-14H2,1H3/t19-,20-,21?,22?. The van der Waals surface area contributed by atoms with E-state index in [2.05, 4.69) is 13.0 Å². The molecule has 0 N–H and O–H groups in total. The van der Waals surface area contributed by atoms with Gasteiger partial charge in [0.2, 0.25) is 0 Å². The van der Waals surface area contributed by atoms with Crippen molar-refractivity contribution in [3.8, 4) is 11.5 Å². The first-order valence-corrected chi connectivity index (χ1v) is 13.6. The van der Waals surface area contributed by atoms with Crippen LogP contribution in [0.3, 0.4) is 0 Å². The van der Waals surface area contributed by atoms with Crippen molar-refractivity contribution in [2.24, 2.45) is 17.8 Å². The molecule has 2 aromatic rings. The van der Waals surface area contributed by atoms with Crippen LogP contribution in [0.2, 0.25) is 0 Å². The molecule has 2 aliphatic carbocycles. The molecule has 2 aliphatic rings. The highest BCUT2D eigenvalue weighted by molar-refractivity contribution is 5.38. The minimum absolute atomic E-state index is 0.0596. The molecule has 0 saturated heterocycles. The number of rotatable bonds is 9. The molecule has 0 spiro atoms. The second-order valence-electron chi connectivity index (χ2n) is 10.8. The Labute approximate surface area is 211 Å². The highest BCUT2D eigenvalue weighted by Crippen LogP contribution is 2.43. The predicted molar refractivity (Wildman–Crippen MR) is 130 cm³/mol. The summed E-state index contributed by atoms with van der Waals surface area (Å²) in [5, 5.41) is 0. The minimum Gasteiger partial charge on any atom is -0.453 e. The van der Waals surface area contributed by atoms with Crippen molar-refractivity contribution < 1.29 is 26.7 Å². The van der Waals surface area contributed by atoms with E-state index in [1.807, 2.05) is 0 Å². The first-order valence-electron chi connectivity index (χ1n) is 13.6. The Hall–Kier alpha value is -2.11. The molecule has 0 amide bonds. The zero-order valence-electron chi connectivity index (χ0n) is 21.0. The van der Waals surface area contributed by atoms with Crippen LogP contribution >= 0.6 is 0 Å². The monoisotopic (exact) mass is 507 g/mol. The molecule has 6 heteroatoms. The van der Waals surface area contributed by atoms with Crippen LogP contribution in [-0.4, -0.2) is 0 Å². The second-order valence-corrected chi connectivity index (χ2v) is 10.8. The molecule has 197 valence electrons. The van der Waals surface area contributed by atoms with Crippen molar-refractivity contribution in [3.05, 3.63) is 58.9 Å². The van der Waals surface area contributed by atoms with Crippen molar-refractivity contribution in [3.63, 3.8) is 0 Å². The summed E-state index contributed by atoms with van der Waals surface area (Å²) >= 11 is 0. The Morgan fingerprint density at radius 2 is 1.25 bits per heavy atom. The van der Waals surface area contributed by atoms with E-state index in [9.17, 15) is 17.6 Å². The van der Waals surface area contributed by atoms with Gasteiger partial charge < -0.3 is 4.74 Å².